The summed E-state index contributed by atoms with van der Waals surface area (Å²) < 4.78 is 15.5. The molecule has 1 aromatic heterocycles. The number of piperidine rings is 1. The van der Waals surface area contributed by atoms with Gasteiger partial charge in [0.25, 0.3) is 5.91 Å². The molecule has 1 aromatic carbocycles. The Labute approximate surface area is 147 Å². The number of aliphatic hydroxyl groups excluding tert-OH is 1. The molecule has 2 heterocycles. The third-order valence-electron chi connectivity index (χ3n) is 5.16. The molecule has 3 rings (SSSR count). The minimum absolute atomic E-state index is 0.0129. The van der Waals surface area contributed by atoms with E-state index in [0.29, 0.717) is 18.7 Å². The highest BCUT2D eigenvalue weighted by Crippen LogP contribution is 2.26. The van der Waals surface area contributed by atoms with Crippen molar-refractivity contribution < 1.29 is 14.3 Å². The van der Waals surface area contributed by atoms with Crippen LogP contribution in [0.15, 0.2) is 30.3 Å². The molecule has 5 heteroatoms. The fourth-order valence-corrected chi connectivity index (χ4v) is 3.75. The molecule has 0 bridgehead atoms. The number of hydrogen-bond acceptors (Lipinski definition) is 2. The number of benzene rings is 1. The molecule has 1 aliphatic rings. The second-order valence-electron chi connectivity index (χ2n) is 6.99. The summed E-state index contributed by atoms with van der Waals surface area (Å²) in [5.41, 5.74) is 3.07. The van der Waals surface area contributed by atoms with Crippen LogP contribution in [0.3, 0.4) is 0 Å². The van der Waals surface area contributed by atoms with Gasteiger partial charge in [-0.15, -0.1) is 0 Å². The lowest BCUT2D eigenvalue weighted by atomic mass is 9.93. The van der Waals surface area contributed by atoms with E-state index in [4.69, 9.17) is 0 Å². The molecule has 1 saturated heterocycles. The summed E-state index contributed by atoms with van der Waals surface area (Å²) in [4.78, 5) is 14.8. The lowest BCUT2D eigenvalue weighted by Gasteiger charge is -2.34. The van der Waals surface area contributed by atoms with Crippen molar-refractivity contribution in [3.8, 4) is 5.69 Å². The molecule has 2 unspecified atom stereocenters. The summed E-state index contributed by atoms with van der Waals surface area (Å²) in [6.45, 7) is 6.89. The van der Waals surface area contributed by atoms with E-state index in [1.807, 2.05) is 35.4 Å². The normalized spacial score (nSPS) is 19.1. The van der Waals surface area contributed by atoms with Crippen molar-refractivity contribution in [2.75, 3.05) is 13.1 Å². The summed E-state index contributed by atoms with van der Waals surface area (Å²) in [5.74, 6) is -0.181. The van der Waals surface area contributed by atoms with Gasteiger partial charge in [0.05, 0.1) is 11.7 Å². The number of carbonyl (C=O) groups is 1. The lowest BCUT2D eigenvalue weighted by Crippen LogP contribution is -2.43. The Morgan fingerprint density at radius 1 is 1.32 bits per heavy atom. The number of nitrogens with zero attached hydrogens (tertiary/aromatic N) is 2. The van der Waals surface area contributed by atoms with Crippen molar-refractivity contribution >= 4 is 5.91 Å². The standard InChI is InChI=1S/C20H25FN2O2/c1-13-10-19(14(2)23(13)18-8-4-7-17(21)11-18)20(25)22-9-5-6-16(12-22)15(3)24/h4,7-8,10-11,15-16,24H,5-6,9,12H2,1-3H3. The molecule has 0 aliphatic carbocycles. The number of likely N-dealkylation sites (tertiary alicyclic amines) is 1. The number of carbonyl (C=O) groups excluding carboxylic acids is 1. The number of rotatable bonds is 3. The third-order valence-corrected chi connectivity index (χ3v) is 5.16. The van der Waals surface area contributed by atoms with E-state index in [2.05, 4.69) is 0 Å². The molecular weight excluding hydrogens is 319 g/mol. The fraction of sp³-hybridized carbons (Fsp3) is 0.450. The van der Waals surface area contributed by atoms with Crippen molar-refractivity contribution in [2.24, 2.45) is 5.92 Å². The molecule has 2 aromatic rings. The predicted octanol–water partition coefficient (Wildman–Crippen LogP) is 3.47. The molecule has 0 saturated carbocycles. The van der Waals surface area contributed by atoms with Crippen LogP contribution in [0.4, 0.5) is 4.39 Å². The van der Waals surface area contributed by atoms with Crippen molar-refractivity contribution in [3.63, 3.8) is 0 Å². The number of halogens is 1. The Morgan fingerprint density at radius 2 is 2.08 bits per heavy atom. The van der Waals surface area contributed by atoms with Gasteiger partial charge in [0.2, 0.25) is 0 Å². The van der Waals surface area contributed by atoms with E-state index in [-0.39, 0.29) is 17.6 Å². The largest absolute Gasteiger partial charge is 0.393 e. The SMILES string of the molecule is Cc1cc(C(=O)N2CCCC(C(C)O)C2)c(C)n1-c1cccc(F)c1. The van der Waals surface area contributed by atoms with E-state index in [9.17, 15) is 14.3 Å². The molecule has 134 valence electrons. The van der Waals surface area contributed by atoms with Gasteiger partial charge >= 0.3 is 0 Å². The highest BCUT2D eigenvalue weighted by atomic mass is 19.1. The smallest absolute Gasteiger partial charge is 0.255 e. The van der Waals surface area contributed by atoms with E-state index in [0.717, 1.165) is 29.9 Å². The number of aliphatic hydroxyl groups is 1. The third kappa shape index (κ3) is 3.47. The van der Waals surface area contributed by atoms with Gasteiger partial charge in [0.1, 0.15) is 5.82 Å². The van der Waals surface area contributed by atoms with Crippen LogP contribution in [-0.2, 0) is 0 Å². The minimum atomic E-state index is -0.407. The molecule has 4 nitrogen and oxygen atoms in total. The molecule has 1 amide bonds. The zero-order chi connectivity index (χ0) is 18.1. The fourth-order valence-electron chi connectivity index (χ4n) is 3.75. The molecule has 1 aliphatic heterocycles. The summed E-state index contributed by atoms with van der Waals surface area (Å²) in [6.07, 6.45) is 1.45. The minimum Gasteiger partial charge on any atom is -0.393 e. The lowest BCUT2D eigenvalue weighted by molar-refractivity contribution is 0.0465. The zero-order valence-electron chi connectivity index (χ0n) is 15.0. The van der Waals surface area contributed by atoms with Gasteiger partial charge in [-0.2, -0.15) is 0 Å². The molecule has 0 spiro atoms. The van der Waals surface area contributed by atoms with Crippen LogP contribution in [0.1, 0.15) is 41.5 Å². The molecule has 25 heavy (non-hydrogen) atoms. The van der Waals surface area contributed by atoms with Crippen molar-refractivity contribution in [1.82, 2.24) is 9.47 Å². The Hall–Kier alpha value is -2.14. The quantitative estimate of drug-likeness (QED) is 0.927. The molecule has 0 radical (unpaired) electrons. The highest BCUT2D eigenvalue weighted by molar-refractivity contribution is 5.96. The maximum Gasteiger partial charge on any atom is 0.255 e. The van der Waals surface area contributed by atoms with Crippen LogP contribution in [0.25, 0.3) is 5.69 Å². The van der Waals surface area contributed by atoms with Crippen LogP contribution < -0.4 is 0 Å². The van der Waals surface area contributed by atoms with Gasteiger partial charge in [-0.3, -0.25) is 4.79 Å². The molecule has 2 atom stereocenters. The van der Waals surface area contributed by atoms with E-state index < -0.39 is 6.10 Å². The van der Waals surface area contributed by atoms with Gasteiger partial charge in [-0.25, -0.2) is 4.39 Å². The summed E-state index contributed by atoms with van der Waals surface area (Å²) >= 11 is 0. The number of aryl methyl sites for hydroxylation is 1. The first-order valence-corrected chi connectivity index (χ1v) is 8.80. The monoisotopic (exact) mass is 344 g/mol. The molecular formula is C20H25FN2O2. The van der Waals surface area contributed by atoms with Gasteiger partial charge in [0, 0.05) is 36.1 Å². The average molecular weight is 344 g/mol. The van der Waals surface area contributed by atoms with Crippen LogP contribution in [-0.4, -0.2) is 39.7 Å². The Morgan fingerprint density at radius 3 is 2.76 bits per heavy atom. The molecule has 1 N–H and O–H groups in total. The van der Waals surface area contributed by atoms with Gasteiger partial charge in [-0.05, 0) is 57.9 Å². The Kier molecular flexibility index (Phi) is 4.95. The van der Waals surface area contributed by atoms with E-state index >= 15 is 0 Å². The van der Waals surface area contributed by atoms with Crippen LogP contribution in [0.2, 0.25) is 0 Å². The Bertz CT molecular complexity index is 782. The topological polar surface area (TPSA) is 45.5 Å². The first-order valence-electron chi connectivity index (χ1n) is 8.80. The van der Waals surface area contributed by atoms with Crippen molar-refractivity contribution in [1.29, 1.82) is 0 Å². The second kappa shape index (κ2) is 7.00. The van der Waals surface area contributed by atoms with E-state index in [1.165, 1.54) is 12.1 Å². The maximum atomic E-state index is 13.6. The first kappa shape index (κ1) is 17.7. The first-order chi connectivity index (χ1) is 11.9. The summed E-state index contributed by atoms with van der Waals surface area (Å²) in [5, 5.41) is 9.85. The molecule has 1 fully saturated rings. The number of aromatic nitrogens is 1. The average Bonchev–Trinajstić information content (AvgIpc) is 2.88. The number of amides is 1. The summed E-state index contributed by atoms with van der Waals surface area (Å²) in [7, 11) is 0. The zero-order valence-corrected chi connectivity index (χ0v) is 15.0. The summed E-state index contributed by atoms with van der Waals surface area (Å²) in [6, 6.07) is 8.26. The van der Waals surface area contributed by atoms with Gasteiger partial charge in [0.15, 0.2) is 0 Å². The van der Waals surface area contributed by atoms with Crippen LogP contribution in [0.5, 0.6) is 0 Å². The second-order valence-corrected chi connectivity index (χ2v) is 6.99. The van der Waals surface area contributed by atoms with Crippen LogP contribution >= 0.6 is 0 Å². The van der Waals surface area contributed by atoms with E-state index in [1.54, 1.807) is 13.0 Å². The predicted molar refractivity (Wildman–Crippen MR) is 95.5 cm³/mol. The Balaban J connectivity index is 1.91. The van der Waals surface area contributed by atoms with Crippen molar-refractivity contribution in [2.45, 2.75) is 39.7 Å². The highest BCUT2D eigenvalue weighted by Gasteiger charge is 2.29. The maximum absolute atomic E-state index is 13.6. The van der Waals surface area contributed by atoms with Crippen molar-refractivity contribution in [3.05, 3.63) is 53.1 Å². The van der Waals surface area contributed by atoms with Gasteiger partial charge < -0.3 is 14.6 Å². The van der Waals surface area contributed by atoms with Gasteiger partial charge in [-0.1, -0.05) is 6.07 Å². The van der Waals surface area contributed by atoms with Crippen LogP contribution in [0, 0.1) is 25.6 Å². The number of hydrogen-bond donors (Lipinski definition) is 1.